The van der Waals surface area contributed by atoms with Crippen molar-refractivity contribution < 1.29 is 32.4 Å². The fourth-order valence-electron chi connectivity index (χ4n) is 1.21. The number of alkyl halides is 3. The van der Waals surface area contributed by atoms with Gasteiger partial charge in [-0.15, -0.1) is 0 Å². The maximum Gasteiger partial charge on any atom is 0.405 e. The number of anilines is 1. The van der Waals surface area contributed by atoms with Crippen LogP contribution in [0.3, 0.4) is 0 Å². The van der Waals surface area contributed by atoms with Crippen molar-refractivity contribution >= 4 is 17.3 Å². The van der Waals surface area contributed by atoms with Gasteiger partial charge in [-0.2, -0.15) is 13.2 Å². The molecule has 1 aromatic rings. The smallest absolute Gasteiger partial charge is 0.405 e. The lowest BCUT2D eigenvalue weighted by Crippen LogP contribution is -2.22. The van der Waals surface area contributed by atoms with Crippen LogP contribution in [-0.2, 0) is 0 Å². The molecule has 0 heterocycles. The summed E-state index contributed by atoms with van der Waals surface area (Å²) in [5, 5.41) is 20.8. The van der Waals surface area contributed by atoms with Crippen LogP contribution in [0.15, 0.2) is 12.1 Å². The number of carboxylic acids is 1. The number of nitro benzene ring substituents is 1. The van der Waals surface area contributed by atoms with E-state index in [1.807, 2.05) is 0 Å². The number of carboxylic acid groups (broad SMARTS) is 1. The molecular formula is C9H6F4N2O4. The second-order valence-electron chi connectivity index (χ2n) is 3.38. The monoisotopic (exact) mass is 282 g/mol. The van der Waals surface area contributed by atoms with Gasteiger partial charge in [-0.1, -0.05) is 0 Å². The number of hydrogen-bond acceptors (Lipinski definition) is 4. The molecule has 1 aromatic carbocycles. The number of nitrogens with zero attached hydrogens (tertiary/aromatic N) is 1. The van der Waals surface area contributed by atoms with Gasteiger partial charge in [-0.3, -0.25) is 10.1 Å². The van der Waals surface area contributed by atoms with Gasteiger partial charge >= 0.3 is 12.1 Å². The molecule has 19 heavy (non-hydrogen) atoms. The average molecular weight is 282 g/mol. The summed E-state index contributed by atoms with van der Waals surface area (Å²) in [6, 6.07) is 0.698. The molecule has 104 valence electrons. The van der Waals surface area contributed by atoms with E-state index in [9.17, 15) is 32.5 Å². The van der Waals surface area contributed by atoms with E-state index in [1.165, 1.54) is 0 Å². The first kappa shape index (κ1) is 14.7. The molecule has 0 aromatic heterocycles. The quantitative estimate of drug-likeness (QED) is 0.502. The topological polar surface area (TPSA) is 92.5 Å². The summed E-state index contributed by atoms with van der Waals surface area (Å²) < 4.78 is 49.1. The second kappa shape index (κ2) is 5.08. The Hall–Kier alpha value is -2.39. The van der Waals surface area contributed by atoms with Gasteiger partial charge in [0.05, 0.1) is 16.6 Å². The number of aromatic carboxylic acids is 1. The van der Waals surface area contributed by atoms with E-state index in [1.54, 1.807) is 5.32 Å². The van der Waals surface area contributed by atoms with Crippen molar-refractivity contribution in [1.82, 2.24) is 0 Å². The SMILES string of the molecule is O=C(O)c1cc(NCC(F)(F)F)c([N+](=O)[O-])cc1F. The van der Waals surface area contributed by atoms with Gasteiger partial charge in [0.25, 0.3) is 5.69 Å². The van der Waals surface area contributed by atoms with Crippen LogP contribution in [0, 0.1) is 15.9 Å². The van der Waals surface area contributed by atoms with Gasteiger partial charge in [0, 0.05) is 0 Å². The Kier molecular flexibility index (Phi) is 3.92. The van der Waals surface area contributed by atoms with E-state index in [4.69, 9.17) is 5.11 Å². The highest BCUT2D eigenvalue weighted by Crippen LogP contribution is 2.29. The molecule has 2 N–H and O–H groups in total. The van der Waals surface area contributed by atoms with Crippen molar-refractivity contribution in [3.8, 4) is 0 Å². The normalized spacial score (nSPS) is 11.2. The highest BCUT2D eigenvalue weighted by molar-refractivity contribution is 5.90. The Morgan fingerprint density at radius 3 is 2.42 bits per heavy atom. The van der Waals surface area contributed by atoms with Crippen LogP contribution in [0.2, 0.25) is 0 Å². The zero-order valence-corrected chi connectivity index (χ0v) is 8.99. The lowest BCUT2D eigenvalue weighted by atomic mass is 10.1. The van der Waals surface area contributed by atoms with Gasteiger partial charge in [-0.05, 0) is 6.07 Å². The summed E-state index contributed by atoms with van der Waals surface area (Å²) in [5.41, 5.74) is -2.66. The number of benzene rings is 1. The van der Waals surface area contributed by atoms with E-state index in [0.29, 0.717) is 6.07 Å². The maximum absolute atomic E-state index is 13.2. The first-order valence-corrected chi connectivity index (χ1v) is 4.63. The van der Waals surface area contributed by atoms with E-state index < -0.39 is 46.4 Å². The summed E-state index contributed by atoms with van der Waals surface area (Å²) in [5.74, 6) is -3.15. The number of rotatable bonds is 4. The second-order valence-corrected chi connectivity index (χ2v) is 3.38. The Balaban J connectivity index is 3.22. The highest BCUT2D eigenvalue weighted by Gasteiger charge is 2.29. The Morgan fingerprint density at radius 2 is 2.00 bits per heavy atom. The lowest BCUT2D eigenvalue weighted by molar-refractivity contribution is -0.384. The molecule has 0 spiro atoms. The van der Waals surface area contributed by atoms with Gasteiger partial charge in [0.2, 0.25) is 0 Å². The Labute approximate surface area is 102 Å². The largest absolute Gasteiger partial charge is 0.478 e. The molecule has 0 saturated carbocycles. The van der Waals surface area contributed by atoms with Crippen molar-refractivity contribution in [2.45, 2.75) is 6.18 Å². The maximum atomic E-state index is 13.2. The lowest BCUT2D eigenvalue weighted by Gasteiger charge is -2.10. The van der Waals surface area contributed by atoms with Gasteiger partial charge in [-0.25, -0.2) is 9.18 Å². The first-order chi connectivity index (χ1) is 8.61. The molecule has 0 aliphatic carbocycles. The molecule has 0 unspecified atom stereocenters. The van der Waals surface area contributed by atoms with Crippen molar-refractivity contribution in [2.75, 3.05) is 11.9 Å². The van der Waals surface area contributed by atoms with Crippen LogP contribution in [0.1, 0.15) is 10.4 Å². The van der Waals surface area contributed by atoms with Crippen molar-refractivity contribution in [3.05, 3.63) is 33.6 Å². The molecule has 1 rings (SSSR count). The number of nitrogens with one attached hydrogen (secondary N) is 1. The zero-order chi connectivity index (χ0) is 14.8. The molecule has 6 nitrogen and oxygen atoms in total. The van der Waals surface area contributed by atoms with Crippen molar-refractivity contribution in [1.29, 1.82) is 0 Å². The van der Waals surface area contributed by atoms with Gasteiger partial charge in [0.1, 0.15) is 18.0 Å². The standard InChI is InChI=1S/C9H6F4N2O4/c10-5-2-7(15(18)19)6(1-4(5)8(16)17)14-3-9(11,12)13/h1-2,14H,3H2,(H,16,17). The minimum atomic E-state index is -4.66. The molecule has 10 heteroatoms. The molecule has 0 saturated heterocycles. The van der Waals surface area contributed by atoms with Crippen LogP contribution in [-0.4, -0.2) is 28.7 Å². The fourth-order valence-corrected chi connectivity index (χ4v) is 1.21. The van der Waals surface area contributed by atoms with E-state index >= 15 is 0 Å². The van der Waals surface area contributed by atoms with Crippen LogP contribution in [0.5, 0.6) is 0 Å². The molecule has 0 aliphatic heterocycles. The fraction of sp³-hybridized carbons (Fsp3) is 0.222. The molecule has 0 bridgehead atoms. The van der Waals surface area contributed by atoms with Gasteiger partial charge < -0.3 is 10.4 Å². The Bertz CT molecular complexity index is 530. The number of nitro groups is 1. The molecule has 0 aliphatic rings. The molecule has 0 amide bonds. The third-order valence-electron chi connectivity index (χ3n) is 1.99. The third kappa shape index (κ3) is 3.79. The zero-order valence-electron chi connectivity index (χ0n) is 8.99. The van der Waals surface area contributed by atoms with Gasteiger partial charge in [0.15, 0.2) is 0 Å². The van der Waals surface area contributed by atoms with Crippen LogP contribution in [0.25, 0.3) is 0 Å². The molecule has 0 radical (unpaired) electrons. The summed E-state index contributed by atoms with van der Waals surface area (Å²) >= 11 is 0. The van der Waals surface area contributed by atoms with E-state index in [-0.39, 0.29) is 6.07 Å². The molecular weight excluding hydrogens is 276 g/mol. The predicted molar refractivity (Wildman–Crippen MR) is 54.6 cm³/mol. The van der Waals surface area contributed by atoms with E-state index in [2.05, 4.69) is 0 Å². The number of hydrogen-bond donors (Lipinski definition) is 2. The minimum Gasteiger partial charge on any atom is -0.478 e. The summed E-state index contributed by atoms with van der Waals surface area (Å²) in [6.45, 7) is -1.61. The van der Waals surface area contributed by atoms with E-state index in [0.717, 1.165) is 0 Å². The first-order valence-electron chi connectivity index (χ1n) is 4.63. The minimum absolute atomic E-state index is 0.252. The van der Waals surface area contributed by atoms with Crippen LogP contribution >= 0.6 is 0 Å². The highest BCUT2D eigenvalue weighted by atomic mass is 19.4. The molecule has 0 fully saturated rings. The van der Waals surface area contributed by atoms with Crippen molar-refractivity contribution in [3.63, 3.8) is 0 Å². The molecule has 0 atom stereocenters. The Morgan fingerprint density at radius 1 is 1.42 bits per heavy atom. The average Bonchev–Trinajstić information content (AvgIpc) is 2.25. The van der Waals surface area contributed by atoms with Crippen molar-refractivity contribution in [2.24, 2.45) is 0 Å². The van der Waals surface area contributed by atoms with Crippen LogP contribution < -0.4 is 5.32 Å². The number of halogens is 4. The third-order valence-corrected chi connectivity index (χ3v) is 1.99. The summed E-state index contributed by atoms with van der Waals surface area (Å²) in [4.78, 5) is 20.0. The number of carbonyl (C=O) groups is 1. The summed E-state index contributed by atoms with van der Waals surface area (Å²) in [6.07, 6.45) is -4.66. The predicted octanol–water partition coefficient (Wildman–Crippen LogP) is 2.41. The summed E-state index contributed by atoms with van der Waals surface area (Å²) in [7, 11) is 0. The van der Waals surface area contributed by atoms with Crippen LogP contribution in [0.4, 0.5) is 28.9 Å².